The molecule has 0 saturated carbocycles. The van der Waals surface area contributed by atoms with Crippen molar-refractivity contribution in [3.8, 4) is 0 Å². The van der Waals surface area contributed by atoms with Crippen molar-refractivity contribution in [2.75, 3.05) is 13.1 Å². The van der Waals surface area contributed by atoms with Gasteiger partial charge in [0.15, 0.2) is 0 Å². The lowest BCUT2D eigenvalue weighted by Gasteiger charge is -2.23. The van der Waals surface area contributed by atoms with Crippen LogP contribution in [0.4, 0.5) is 0 Å². The Kier molecular flexibility index (Phi) is 3.69. The van der Waals surface area contributed by atoms with Gasteiger partial charge in [0.1, 0.15) is 0 Å². The number of hydrogen-bond donors (Lipinski definition) is 2. The molecule has 1 heterocycles. The molecule has 0 unspecified atom stereocenters. The number of carboxylic acid groups (broad SMARTS) is 2. The maximum Gasteiger partial charge on any atom is 0.338 e. The predicted molar refractivity (Wildman–Crippen MR) is 65.0 cm³/mol. The minimum absolute atomic E-state index is 0.0121. The van der Waals surface area contributed by atoms with Crippen LogP contribution in [-0.2, 0) is 9.59 Å². The molecule has 1 saturated heterocycles. The van der Waals surface area contributed by atoms with Crippen molar-refractivity contribution in [3.63, 3.8) is 0 Å². The summed E-state index contributed by atoms with van der Waals surface area (Å²) < 4.78 is 0. The first kappa shape index (κ1) is 12.7. The zero-order valence-electron chi connectivity index (χ0n) is 10.2. The highest BCUT2D eigenvalue weighted by Crippen LogP contribution is 2.29. The number of rotatable bonds is 3. The molecule has 1 aliphatic carbocycles. The number of nitrogens with zero attached hydrogens (tertiary/aromatic N) is 1. The number of hydrogen-bond acceptors (Lipinski definition) is 3. The van der Waals surface area contributed by atoms with E-state index in [4.69, 9.17) is 5.11 Å². The molecule has 98 valence electrons. The molecule has 1 aliphatic heterocycles. The molecule has 2 N–H and O–H groups in total. The Hall–Kier alpha value is -1.78. The fourth-order valence-electron chi connectivity index (χ4n) is 2.63. The summed E-state index contributed by atoms with van der Waals surface area (Å²) >= 11 is 0. The molecule has 5 heteroatoms. The second-order valence-electron chi connectivity index (χ2n) is 4.64. The lowest BCUT2D eigenvalue weighted by atomic mass is 10.0. The van der Waals surface area contributed by atoms with Crippen LogP contribution in [0.25, 0.3) is 0 Å². The Balaban J connectivity index is 2.46. The maximum atomic E-state index is 11.4. The molecular formula is C13H17NO4. The van der Waals surface area contributed by atoms with Crippen LogP contribution in [0.1, 0.15) is 32.1 Å². The highest BCUT2D eigenvalue weighted by Gasteiger charge is 2.29. The van der Waals surface area contributed by atoms with Gasteiger partial charge in [0.05, 0.1) is 11.1 Å². The van der Waals surface area contributed by atoms with Gasteiger partial charge in [-0.25, -0.2) is 9.59 Å². The fraction of sp³-hybridized carbons (Fsp3) is 0.538. The third-order valence-corrected chi connectivity index (χ3v) is 3.46. The first-order valence-electron chi connectivity index (χ1n) is 6.26. The van der Waals surface area contributed by atoms with Gasteiger partial charge in [-0.15, -0.1) is 0 Å². The Morgan fingerprint density at radius 3 is 2.28 bits per heavy atom. The topological polar surface area (TPSA) is 77.8 Å². The largest absolute Gasteiger partial charge is 0.478 e. The normalized spacial score (nSPS) is 20.7. The van der Waals surface area contributed by atoms with Crippen molar-refractivity contribution in [2.24, 2.45) is 0 Å². The second-order valence-corrected chi connectivity index (χ2v) is 4.64. The van der Waals surface area contributed by atoms with Gasteiger partial charge >= 0.3 is 11.9 Å². The van der Waals surface area contributed by atoms with Gasteiger partial charge in [0, 0.05) is 18.8 Å². The molecule has 0 atom stereocenters. The van der Waals surface area contributed by atoms with E-state index in [1.165, 1.54) is 6.08 Å². The van der Waals surface area contributed by atoms with E-state index >= 15 is 0 Å². The Bertz CT molecular complexity index is 430. The molecule has 18 heavy (non-hydrogen) atoms. The monoisotopic (exact) mass is 251 g/mol. The number of allylic oxidation sites excluding steroid dienone is 2. The number of likely N-dealkylation sites (tertiary alicyclic amines) is 1. The van der Waals surface area contributed by atoms with Crippen LogP contribution in [0.3, 0.4) is 0 Å². The van der Waals surface area contributed by atoms with E-state index in [2.05, 4.69) is 0 Å². The third-order valence-electron chi connectivity index (χ3n) is 3.46. The molecule has 0 spiro atoms. The summed E-state index contributed by atoms with van der Waals surface area (Å²) in [5.41, 5.74) is 0.634. The second kappa shape index (κ2) is 5.25. The average Bonchev–Trinajstić information content (AvgIpc) is 2.73. The Labute approximate surface area is 105 Å². The number of carboxylic acids is 2. The quantitative estimate of drug-likeness (QED) is 0.796. The van der Waals surface area contributed by atoms with E-state index in [0.29, 0.717) is 18.5 Å². The van der Waals surface area contributed by atoms with E-state index in [0.717, 1.165) is 32.4 Å². The van der Waals surface area contributed by atoms with Crippen LogP contribution < -0.4 is 0 Å². The van der Waals surface area contributed by atoms with Crippen LogP contribution in [-0.4, -0.2) is 40.1 Å². The van der Waals surface area contributed by atoms with Crippen molar-refractivity contribution in [3.05, 3.63) is 22.9 Å². The summed E-state index contributed by atoms with van der Waals surface area (Å²) in [6.07, 6.45) is 5.70. The summed E-state index contributed by atoms with van der Waals surface area (Å²) in [5.74, 6) is -2.28. The van der Waals surface area contributed by atoms with Crippen molar-refractivity contribution in [2.45, 2.75) is 32.1 Å². The Morgan fingerprint density at radius 2 is 1.72 bits per heavy atom. The summed E-state index contributed by atoms with van der Waals surface area (Å²) in [7, 11) is 0. The molecule has 0 aromatic carbocycles. The maximum absolute atomic E-state index is 11.4. The fourth-order valence-corrected chi connectivity index (χ4v) is 2.63. The predicted octanol–water partition coefficient (Wildman–Crippen LogP) is 1.62. The zero-order valence-corrected chi connectivity index (χ0v) is 10.2. The molecule has 0 aromatic rings. The van der Waals surface area contributed by atoms with Crippen LogP contribution in [0.5, 0.6) is 0 Å². The zero-order chi connectivity index (χ0) is 13.1. The molecule has 2 aliphatic rings. The minimum Gasteiger partial charge on any atom is -0.478 e. The van der Waals surface area contributed by atoms with E-state index in [-0.39, 0.29) is 11.1 Å². The van der Waals surface area contributed by atoms with Crippen LogP contribution >= 0.6 is 0 Å². The van der Waals surface area contributed by atoms with E-state index in [9.17, 15) is 14.7 Å². The van der Waals surface area contributed by atoms with Gasteiger partial charge < -0.3 is 15.1 Å². The van der Waals surface area contributed by atoms with Gasteiger partial charge in [0.25, 0.3) is 0 Å². The smallest absolute Gasteiger partial charge is 0.338 e. The van der Waals surface area contributed by atoms with Crippen molar-refractivity contribution in [1.29, 1.82) is 0 Å². The number of carbonyl (C=O) groups is 2. The SMILES string of the molecule is O=C(O)C1=CCCCC(N2CCCC2)=C1C(=O)O. The Morgan fingerprint density at radius 1 is 1.06 bits per heavy atom. The van der Waals surface area contributed by atoms with Gasteiger partial charge in [-0.3, -0.25) is 0 Å². The summed E-state index contributed by atoms with van der Waals surface area (Å²) in [6.45, 7) is 1.66. The highest BCUT2D eigenvalue weighted by atomic mass is 16.4. The molecule has 5 nitrogen and oxygen atoms in total. The van der Waals surface area contributed by atoms with Gasteiger partial charge in [-0.05, 0) is 32.1 Å². The van der Waals surface area contributed by atoms with Crippen molar-refractivity contribution >= 4 is 11.9 Å². The minimum atomic E-state index is -1.15. The van der Waals surface area contributed by atoms with Gasteiger partial charge in [0.2, 0.25) is 0 Å². The van der Waals surface area contributed by atoms with E-state index in [1.54, 1.807) is 0 Å². The van der Waals surface area contributed by atoms with Crippen LogP contribution in [0.15, 0.2) is 22.9 Å². The summed E-state index contributed by atoms with van der Waals surface area (Å²) in [6, 6.07) is 0. The summed E-state index contributed by atoms with van der Waals surface area (Å²) in [4.78, 5) is 24.6. The standard InChI is InChI=1S/C13H17NO4/c15-12(16)9-5-1-2-6-10(11(9)13(17)18)14-7-3-4-8-14/h5H,1-4,6-8H2,(H,15,16)(H,17,18). The average molecular weight is 251 g/mol. The van der Waals surface area contributed by atoms with Crippen LogP contribution in [0.2, 0.25) is 0 Å². The molecule has 0 radical (unpaired) electrons. The first-order valence-corrected chi connectivity index (χ1v) is 6.26. The van der Waals surface area contributed by atoms with Gasteiger partial charge in [-0.2, -0.15) is 0 Å². The van der Waals surface area contributed by atoms with E-state index in [1.807, 2.05) is 4.90 Å². The van der Waals surface area contributed by atoms with Crippen molar-refractivity contribution in [1.82, 2.24) is 4.90 Å². The lowest BCUT2D eigenvalue weighted by molar-refractivity contribution is -0.136. The molecule has 0 bridgehead atoms. The molecular weight excluding hydrogens is 234 g/mol. The van der Waals surface area contributed by atoms with Crippen molar-refractivity contribution < 1.29 is 19.8 Å². The summed E-state index contributed by atoms with van der Waals surface area (Å²) in [5, 5.41) is 18.5. The van der Waals surface area contributed by atoms with Crippen LogP contribution in [0, 0.1) is 0 Å². The third kappa shape index (κ3) is 2.39. The molecule has 1 fully saturated rings. The molecule has 2 rings (SSSR count). The molecule has 0 aromatic heterocycles. The van der Waals surface area contributed by atoms with E-state index < -0.39 is 11.9 Å². The molecule has 0 amide bonds. The number of aliphatic carboxylic acids is 2. The first-order chi connectivity index (χ1) is 8.61. The highest BCUT2D eigenvalue weighted by molar-refractivity contribution is 6.06. The van der Waals surface area contributed by atoms with Gasteiger partial charge in [-0.1, -0.05) is 6.08 Å². The lowest BCUT2D eigenvalue weighted by Crippen LogP contribution is -2.24.